The quantitative estimate of drug-likeness (QED) is 0.406. The fourth-order valence-corrected chi connectivity index (χ4v) is 8.64. The maximum absolute atomic E-state index is 14.0. The first kappa shape index (κ1) is 28.0. The summed E-state index contributed by atoms with van der Waals surface area (Å²) in [5, 5.41) is 23.0. The number of nitrogens with two attached hydrogens (primary N) is 1. The molecule has 0 bridgehead atoms. The highest BCUT2D eigenvalue weighted by molar-refractivity contribution is 6.32. The lowest BCUT2D eigenvalue weighted by atomic mass is 9.52. The third-order valence-corrected chi connectivity index (χ3v) is 10.3. The molecule has 5 aliphatic rings. The summed E-state index contributed by atoms with van der Waals surface area (Å²) in [7, 11) is 4.67. The average molecular weight is 568 g/mol. The van der Waals surface area contributed by atoms with Crippen LogP contribution in [0.2, 0.25) is 0 Å². The van der Waals surface area contributed by atoms with Crippen LogP contribution in [0.5, 0.6) is 11.5 Å². The van der Waals surface area contributed by atoms with Crippen LogP contribution in [0, 0.1) is 35.5 Å². The van der Waals surface area contributed by atoms with Gasteiger partial charge in [0.2, 0.25) is 5.91 Å². The molecule has 220 valence electrons. The summed E-state index contributed by atoms with van der Waals surface area (Å²) in [4.78, 5) is 70.7. The number of ketones is 4. The van der Waals surface area contributed by atoms with Gasteiger partial charge in [0.05, 0.1) is 24.6 Å². The van der Waals surface area contributed by atoms with Gasteiger partial charge in [0.1, 0.15) is 11.5 Å². The Labute approximate surface area is 238 Å². The minimum Gasteiger partial charge on any atom is -0.507 e. The second-order valence-corrected chi connectivity index (χ2v) is 12.8. The molecule has 41 heavy (non-hydrogen) atoms. The number of aliphatic hydroxyl groups is 1. The van der Waals surface area contributed by atoms with E-state index in [2.05, 4.69) is 11.8 Å². The van der Waals surface area contributed by atoms with Crippen molar-refractivity contribution in [1.29, 1.82) is 0 Å². The lowest BCUT2D eigenvalue weighted by Crippen LogP contribution is -2.74. The SMILES string of the molecule is CCCN1CC2CC2C1c1cc(O)c2c(c1OC)CC1CC3C(N(C)C)C(=O)C(C(N)=O)C(=O)C3(O)C(=O)C1C2=O. The van der Waals surface area contributed by atoms with Crippen LogP contribution >= 0.6 is 0 Å². The van der Waals surface area contributed by atoms with Gasteiger partial charge in [0, 0.05) is 29.6 Å². The highest BCUT2D eigenvalue weighted by atomic mass is 16.5. The number of aromatic hydroxyl groups is 1. The van der Waals surface area contributed by atoms with Crippen molar-refractivity contribution in [1.82, 2.24) is 9.80 Å². The van der Waals surface area contributed by atoms with E-state index in [1.165, 1.54) is 12.0 Å². The number of rotatable bonds is 6. The molecule has 9 unspecified atom stereocenters. The summed E-state index contributed by atoms with van der Waals surface area (Å²) in [6, 6.07) is 0.491. The van der Waals surface area contributed by atoms with Crippen molar-refractivity contribution in [3.05, 3.63) is 22.8 Å². The van der Waals surface area contributed by atoms with Crippen LogP contribution < -0.4 is 10.5 Å². The number of hydrogen-bond donors (Lipinski definition) is 3. The van der Waals surface area contributed by atoms with E-state index >= 15 is 0 Å². The molecule has 4 N–H and O–H groups in total. The number of likely N-dealkylation sites (tertiary alicyclic amines) is 1. The second kappa shape index (κ2) is 9.43. The summed E-state index contributed by atoms with van der Waals surface area (Å²) in [5.74, 6) is -8.93. The predicted molar refractivity (Wildman–Crippen MR) is 144 cm³/mol. The predicted octanol–water partition coefficient (Wildman–Crippen LogP) is 0.278. The normalized spacial score (nSPS) is 37.9. The maximum Gasteiger partial charge on any atom is 0.235 e. The number of piperidine rings is 1. The highest BCUT2D eigenvalue weighted by Crippen LogP contribution is 2.60. The van der Waals surface area contributed by atoms with E-state index in [1.807, 2.05) is 0 Å². The molecule has 0 aromatic heterocycles. The van der Waals surface area contributed by atoms with Crippen molar-refractivity contribution in [2.24, 2.45) is 41.2 Å². The van der Waals surface area contributed by atoms with E-state index in [-0.39, 0.29) is 30.2 Å². The Morgan fingerprint density at radius 2 is 1.88 bits per heavy atom. The Hall–Kier alpha value is -3.15. The van der Waals surface area contributed by atoms with Gasteiger partial charge in [-0.3, -0.25) is 33.8 Å². The topological polar surface area (TPSA) is 168 Å². The Morgan fingerprint density at radius 3 is 2.49 bits per heavy atom. The van der Waals surface area contributed by atoms with E-state index in [0.29, 0.717) is 23.1 Å². The third-order valence-electron chi connectivity index (χ3n) is 10.3. The van der Waals surface area contributed by atoms with Crippen LogP contribution in [0.1, 0.15) is 53.7 Å². The summed E-state index contributed by atoms with van der Waals surface area (Å²) in [5.41, 5.74) is 3.94. The first-order chi connectivity index (χ1) is 19.4. The molecule has 1 amide bonds. The number of methoxy groups -OCH3 is 1. The molecule has 6 rings (SSSR count). The number of fused-ring (bicyclic) bond motifs is 4. The maximum atomic E-state index is 14.0. The lowest BCUT2D eigenvalue weighted by molar-refractivity contribution is -0.181. The standard InChI is InChI=1S/C30H37N3O8/c1-5-6-33-11-13-8-14(13)22(33)16-10-18(34)20-15(26(16)41-4)7-12-9-17-23(32(2)3)25(36)21(29(31)39)28(38)30(17,40)27(37)19(12)24(20)35/h10,12-14,17,19,21-23,34,40H,5-9,11H2,1-4H3,(H2,31,39). The molecule has 3 saturated carbocycles. The summed E-state index contributed by atoms with van der Waals surface area (Å²) < 4.78 is 5.93. The van der Waals surface area contributed by atoms with Crippen molar-refractivity contribution >= 4 is 29.0 Å². The Kier molecular flexibility index (Phi) is 6.44. The van der Waals surface area contributed by atoms with Gasteiger partial charge < -0.3 is 20.7 Å². The minimum atomic E-state index is -2.73. The van der Waals surface area contributed by atoms with Gasteiger partial charge in [-0.25, -0.2) is 0 Å². The number of primary amides is 1. The summed E-state index contributed by atoms with van der Waals surface area (Å²) >= 11 is 0. The molecule has 4 aliphatic carbocycles. The van der Waals surface area contributed by atoms with E-state index in [0.717, 1.165) is 31.5 Å². The number of Topliss-reactive ketones (excluding diaryl/α,β-unsaturated/α-hetero) is 4. The zero-order valence-electron chi connectivity index (χ0n) is 23.8. The molecule has 0 spiro atoms. The Balaban J connectivity index is 1.46. The van der Waals surface area contributed by atoms with Gasteiger partial charge >= 0.3 is 0 Å². The van der Waals surface area contributed by atoms with Crippen LogP contribution in [0.25, 0.3) is 0 Å². The molecule has 0 radical (unpaired) electrons. The van der Waals surface area contributed by atoms with Crippen LogP contribution in [0.4, 0.5) is 0 Å². The molecular formula is C30H37N3O8. The van der Waals surface area contributed by atoms with Crippen molar-refractivity contribution in [2.75, 3.05) is 34.3 Å². The van der Waals surface area contributed by atoms with Gasteiger partial charge in [-0.1, -0.05) is 6.92 Å². The van der Waals surface area contributed by atoms with Gasteiger partial charge in [-0.2, -0.15) is 0 Å². The van der Waals surface area contributed by atoms with Crippen LogP contribution in [0.3, 0.4) is 0 Å². The second-order valence-electron chi connectivity index (χ2n) is 12.8. The fourth-order valence-electron chi connectivity index (χ4n) is 8.64. The average Bonchev–Trinajstić information content (AvgIpc) is 3.56. The molecule has 1 heterocycles. The van der Waals surface area contributed by atoms with Gasteiger partial charge in [-0.15, -0.1) is 0 Å². The molecule has 1 aliphatic heterocycles. The van der Waals surface area contributed by atoms with Crippen molar-refractivity contribution in [3.63, 3.8) is 0 Å². The molecule has 9 atom stereocenters. The first-order valence-electron chi connectivity index (χ1n) is 14.4. The molecule has 11 heteroatoms. The van der Waals surface area contributed by atoms with Crippen molar-refractivity contribution in [2.45, 2.75) is 50.3 Å². The number of likely N-dealkylation sites (N-methyl/N-ethyl adjacent to an activating group) is 1. The van der Waals surface area contributed by atoms with Crippen LogP contribution in [-0.4, -0.2) is 95.0 Å². The zero-order valence-corrected chi connectivity index (χ0v) is 23.8. The molecule has 1 aromatic carbocycles. The summed E-state index contributed by atoms with van der Waals surface area (Å²) in [6.45, 7) is 4.00. The van der Waals surface area contributed by atoms with E-state index < -0.39 is 64.4 Å². The minimum absolute atomic E-state index is 0.00806. The molecule has 4 fully saturated rings. The number of amides is 1. The largest absolute Gasteiger partial charge is 0.507 e. The number of ether oxygens (including phenoxy) is 1. The van der Waals surface area contributed by atoms with Crippen LogP contribution in [-0.2, 0) is 25.6 Å². The third kappa shape index (κ3) is 3.71. The van der Waals surface area contributed by atoms with Crippen LogP contribution in [0.15, 0.2) is 6.07 Å². The van der Waals surface area contributed by atoms with Gasteiger partial charge in [0.15, 0.2) is 34.7 Å². The number of carbonyl (C=O) groups is 5. The number of hydrogen-bond acceptors (Lipinski definition) is 10. The number of nitrogens with zero attached hydrogens (tertiary/aromatic N) is 2. The molecule has 1 saturated heterocycles. The van der Waals surface area contributed by atoms with E-state index in [1.54, 1.807) is 20.2 Å². The van der Waals surface area contributed by atoms with Gasteiger partial charge in [0.25, 0.3) is 0 Å². The Morgan fingerprint density at radius 1 is 1.17 bits per heavy atom. The first-order valence-corrected chi connectivity index (χ1v) is 14.4. The van der Waals surface area contributed by atoms with E-state index in [4.69, 9.17) is 10.5 Å². The van der Waals surface area contributed by atoms with E-state index in [9.17, 15) is 34.2 Å². The number of carbonyl (C=O) groups excluding carboxylic acids is 5. The molecular weight excluding hydrogens is 530 g/mol. The fraction of sp³-hybridized carbons (Fsp3) is 0.633. The van der Waals surface area contributed by atoms with Crippen molar-refractivity contribution in [3.8, 4) is 11.5 Å². The number of phenolic OH excluding ortho intramolecular Hbond substituents is 1. The molecule has 11 nitrogen and oxygen atoms in total. The lowest BCUT2D eigenvalue weighted by Gasteiger charge is -2.52. The molecule has 1 aromatic rings. The summed E-state index contributed by atoms with van der Waals surface area (Å²) in [6.07, 6.45) is 2.27. The number of phenols is 1. The van der Waals surface area contributed by atoms with Gasteiger partial charge in [-0.05, 0) is 70.1 Å². The monoisotopic (exact) mass is 567 g/mol. The smallest absolute Gasteiger partial charge is 0.235 e. The zero-order chi connectivity index (χ0) is 29.7. The Bertz CT molecular complexity index is 1390. The number of benzene rings is 1. The van der Waals surface area contributed by atoms with Crippen molar-refractivity contribution < 1.29 is 38.9 Å². The highest BCUT2D eigenvalue weighted by Gasteiger charge is 2.69.